The Morgan fingerprint density at radius 3 is 2.42 bits per heavy atom. The third kappa shape index (κ3) is 4.45. The highest BCUT2D eigenvalue weighted by Crippen LogP contribution is 2.50. The second kappa shape index (κ2) is 8.50. The monoisotopic (exact) mass is 467 g/mol. The van der Waals surface area contributed by atoms with Gasteiger partial charge in [0.05, 0.1) is 24.0 Å². The minimum absolute atomic E-state index is 0.0727. The number of nitriles is 1. The molecule has 0 saturated heterocycles. The molecule has 0 aliphatic heterocycles. The first-order valence-electron chi connectivity index (χ1n) is 12.3. The van der Waals surface area contributed by atoms with Crippen LogP contribution in [0.15, 0.2) is 22.6 Å². The number of rotatable bonds is 6. The van der Waals surface area contributed by atoms with Crippen LogP contribution < -0.4 is 4.43 Å². The molecule has 2 saturated carbocycles. The number of furan rings is 1. The molecule has 2 aromatic rings. The summed E-state index contributed by atoms with van der Waals surface area (Å²) in [5.74, 6) is 2.02. The van der Waals surface area contributed by atoms with Gasteiger partial charge in [-0.15, -0.1) is 0 Å². The molecule has 0 radical (unpaired) electrons. The molecule has 6 heteroatoms. The van der Waals surface area contributed by atoms with Gasteiger partial charge in [-0.3, -0.25) is 4.79 Å². The van der Waals surface area contributed by atoms with E-state index in [1.165, 1.54) is 0 Å². The lowest BCUT2D eigenvalue weighted by Gasteiger charge is -2.37. The molecule has 0 spiro atoms. The standard InChI is InChI=1S/C27H37NO4Si/c1-7-30-25(29)19-12-14-27(17-28,15-13-19)21-10-11-22(32-33(5,6)26(2,3)4)24-20(21)16-23(31-24)18-8-9-18/h10-11,16,18-19H,7-9,12-15H2,1-6H3. The first-order valence-corrected chi connectivity index (χ1v) is 15.3. The fourth-order valence-corrected chi connectivity index (χ4v) is 5.68. The minimum atomic E-state index is -2.06. The Hall–Kier alpha value is -2.26. The molecular formula is C27H37NO4Si. The van der Waals surface area contributed by atoms with Gasteiger partial charge in [0.15, 0.2) is 5.58 Å². The van der Waals surface area contributed by atoms with Crippen molar-refractivity contribution in [2.75, 3.05) is 6.61 Å². The summed E-state index contributed by atoms with van der Waals surface area (Å²) in [6.45, 7) is 13.4. The number of nitrogens with zero attached hydrogens (tertiary/aromatic N) is 1. The topological polar surface area (TPSA) is 72.5 Å². The third-order valence-electron chi connectivity index (χ3n) is 8.01. The Morgan fingerprint density at radius 2 is 1.88 bits per heavy atom. The predicted molar refractivity (Wildman–Crippen MR) is 132 cm³/mol. The smallest absolute Gasteiger partial charge is 0.308 e. The van der Waals surface area contributed by atoms with Gasteiger partial charge >= 0.3 is 5.97 Å². The van der Waals surface area contributed by atoms with E-state index in [9.17, 15) is 10.1 Å². The van der Waals surface area contributed by atoms with Crippen molar-refractivity contribution < 1.29 is 18.4 Å². The first-order chi connectivity index (χ1) is 15.5. The zero-order valence-electron chi connectivity index (χ0n) is 20.9. The number of hydrogen-bond acceptors (Lipinski definition) is 5. The van der Waals surface area contributed by atoms with E-state index in [1.807, 2.05) is 13.0 Å². The molecule has 0 bridgehead atoms. The second-order valence-corrected chi connectivity index (χ2v) is 16.1. The molecule has 0 amide bonds. The molecule has 2 aliphatic carbocycles. The summed E-state index contributed by atoms with van der Waals surface area (Å²) >= 11 is 0. The molecule has 0 unspecified atom stereocenters. The van der Waals surface area contributed by atoms with Crippen molar-refractivity contribution >= 4 is 25.3 Å². The van der Waals surface area contributed by atoms with Crippen LogP contribution in [-0.2, 0) is 14.9 Å². The maximum atomic E-state index is 12.3. The quantitative estimate of drug-likeness (QED) is 0.331. The molecule has 2 aliphatic rings. The fourth-order valence-electron chi connectivity index (χ4n) is 4.66. The number of fused-ring (bicyclic) bond motifs is 1. The molecular weight excluding hydrogens is 430 g/mol. The molecule has 178 valence electrons. The highest BCUT2D eigenvalue weighted by Gasteiger charge is 2.43. The van der Waals surface area contributed by atoms with Crippen molar-refractivity contribution in [3.05, 3.63) is 29.5 Å². The van der Waals surface area contributed by atoms with Crippen molar-refractivity contribution in [1.82, 2.24) is 0 Å². The zero-order valence-corrected chi connectivity index (χ0v) is 21.9. The lowest BCUT2D eigenvalue weighted by molar-refractivity contribution is -0.149. The van der Waals surface area contributed by atoms with Gasteiger partial charge in [-0.25, -0.2) is 0 Å². The maximum absolute atomic E-state index is 12.3. The van der Waals surface area contributed by atoms with Gasteiger partial charge in [0, 0.05) is 11.3 Å². The van der Waals surface area contributed by atoms with Gasteiger partial charge in [0.1, 0.15) is 11.5 Å². The Balaban J connectivity index is 1.73. The SMILES string of the molecule is CCOC(=O)C1CCC(C#N)(c2ccc(O[Si](C)(C)C(C)(C)C)c3oc(C4CC4)cc23)CC1. The lowest BCUT2D eigenvalue weighted by atomic mass is 9.67. The van der Waals surface area contributed by atoms with E-state index in [-0.39, 0.29) is 16.9 Å². The summed E-state index contributed by atoms with van der Waals surface area (Å²) in [5, 5.41) is 11.4. The summed E-state index contributed by atoms with van der Waals surface area (Å²) in [6, 6.07) is 8.87. The van der Waals surface area contributed by atoms with Crippen LogP contribution in [0.5, 0.6) is 5.75 Å². The molecule has 0 N–H and O–H groups in total. The van der Waals surface area contributed by atoms with Gasteiger partial charge in [-0.05, 0) is 81.3 Å². The molecule has 4 rings (SSSR count). The first kappa shape index (κ1) is 23.9. The van der Waals surface area contributed by atoms with E-state index in [1.54, 1.807) is 0 Å². The average molecular weight is 468 g/mol. The van der Waals surface area contributed by atoms with Crippen molar-refractivity contribution in [1.29, 1.82) is 5.26 Å². The Morgan fingerprint density at radius 1 is 1.21 bits per heavy atom. The highest BCUT2D eigenvalue weighted by atomic mass is 28.4. The Labute approximate surface area is 198 Å². The molecule has 5 nitrogen and oxygen atoms in total. The number of hydrogen-bond donors (Lipinski definition) is 0. The number of carbonyl (C=O) groups excluding carboxylic acids is 1. The molecule has 2 fully saturated rings. The van der Waals surface area contributed by atoms with Gasteiger partial charge in [-0.1, -0.05) is 26.8 Å². The van der Waals surface area contributed by atoms with E-state index in [0.717, 1.165) is 40.9 Å². The van der Waals surface area contributed by atoms with Crippen LogP contribution in [0.2, 0.25) is 18.1 Å². The lowest BCUT2D eigenvalue weighted by Crippen LogP contribution is -2.43. The van der Waals surface area contributed by atoms with Crippen LogP contribution in [0.4, 0.5) is 0 Å². The number of esters is 1. The van der Waals surface area contributed by atoms with Crippen LogP contribution in [0.25, 0.3) is 11.0 Å². The van der Waals surface area contributed by atoms with Crippen LogP contribution in [0.3, 0.4) is 0 Å². The Kier molecular flexibility index (Phi) is 6.15. The third-order valence-corrected chi connectivity index (χ3v) is 12.3. The predicted octanol–water partition coefficient (Wildman–Crippen LogP) is 7.21. The second-order valence-electron chi connectivity index (χ2n) is 11.4. The van der Waals surface area contributed by atoms with Crippen molar-refractivity contribution in [2.45, 2.75) is 95.7 Å². The van der Waals surface area contributed by atoms with Crippen molar-refractivity contribution in [2.24, 2.45) is 5.92 Å². The highest BCUT2D eigenvalue weighted by molar-refractivity contribution is 6.74. The molecule has 1 aromatic carbocycles. The number of ether oxygens (including phenoxy) is 1. The van der Waals surface area contributed by atoms with Crippen LogP contribution in [0.1, 0.15) is 83.5 Å². The van der Waals surface area contributed by atoms with Crippen LogP contribution >= 0.6 is 0 Å². The summed E-state index contributed by atoms with van der Waals surface area (Å²) < 4.78 is 18.3. The van der Waals surface area contributed by atoms with E-state index < -0.39 is 13.7 Å². The minimum Gasteiger partial charge on any atom is -0.541 e. The van der Waals surface area contributed by atoms with E-state index in [2.05, 4.69) is 52.1 Å². The van der Waals surface area contributed by atoms with Gasteiger partial charge < -0.3 is 13.6 Å². The average Bonchev–Trinajstić information content (AvgIpc) is 3.51. The normalized spacial score (nSPS) is 23.8. The largest absolute Gasteiger partial charge is 0.541 e. The van der Waals surface area contributed by atoms with Crippen molar-refractivity contribution in [3.8, 4) is 11.8 Å². The summed E-state index contributed by atoms with van der Waals surface area (Å²) in [6.07, 6.45) is 4.94. The molecule has 0 atom stereocenters. The van der Waals surface area contributed by atoms with Gasteiger partial charge in [0.2, 0.25) is 0 Å². The van der Waals surface area contributed by atoms with E-state index in [4.69, 9.17) is 13.6 Å². The van der Waals surface area contributed by atoms with E-state index >= 15 is 0 Å². The summed E-state index contributed by atoms with van der Waals surface area (Å²) in [7, 11) is -2.06. The number of benzene rings is 1. The van der Waals surface area contributed by atoms with E-state index in [0.29, 0.717) is 38.2 Å². The van der Waals surface area contributed by atoms with Crippen LogP contribution in [-0.4, -0.2) is 20.9 Å². The molecule has 1 heterocycles. The molecule has 33 heavy (non-hydrogen) atoms. The Bertz CT molecular complexity index is 1080. The summed E-state index contributed by atoms with van der Waals surface area (Å²) in [5.41, 5.74) is 1.17. The van der Waals surface area contributed by atoms with Gasteiger partial charge in [0.25, 0.3) is 8.32 Å². The van der Waals surface area contributed by atoms with Crippen molar-refractivity contribution in [3.63, 3.8) is 0 Å². The van der Waals surface area contributed by atoms with Crippen LogP contribution in [0, 0.1) is 17.2 Å². The maximum Gasteiger partial charge on any atom is 0.308 e. The van der Waals surface area contributed by atoms with Gasteiger partial charge in [-0.2, -0.15) is 5.26 Å². The summed E-state index contributed by atoms with van der Waals surface area (Å²) in [4.78, 5) is 12.3. The fraction of sp³-hybridized carbons (Fsp3) is 0.630. The molecule has 1 aromatic heterocycles. The number of carbonyl (C=O) groups is 1. The zero-order chi connectivity index (χ0) is 24.0.